The van der Waals surface area contributed by atoms with E-state index in [0.29, 0.717) is 23.6 Å². The number of benzene rings is 1. The Labute approximate surface area is 137 Å². The monoisotopic (exact) mass is 316 g/mol. The Morgan fingerprint density at radius 1 is 1.30 bits per heavy atom. The molecule has 1 aromatic heterocycles. The number of ether oxygens (including phenoxy) is 1. The van der Waals surface area contributed by atoms with Crippen LogP contribution in [0.5, 0.6) is 5.75 Å². The van der Waals surface area contributed by atoms with Crippen LogP contribution in [0.4, 0.5) is 0 Å². The van der Waals surface area contributed by atoms with E-state index in [4.69, 9.17) is 9.26 Å². The number of hydrogen-bond acceptors (Lipinski definition) is 4. The van der Waals surface area contributed by atoms with Crippen LogP contribution in [0.15, 0.2) is 28.8 Å². The van der Waals surface area contributed by atoms with Crippen molar-refractivity contribution in [3.63, 3.8) is 0 Å². The molecule has 0 aliphatic heterocycles. The zero-order valence-electron chi connectivity index (χ0n) is 14.2. The average molecular weight is 316 g/mol. The van der Waals surface area contributed by atoms with E-state index in [-0.39, 0.29) is 11.8 Å². The minimum Gasteiger partial charge on any atom is -0.497 e. The molecule has 2 rings (SSSR count). The number of hydrogen-bond donors (Lipinski definition) is 1. The van der Waals surface area contributed by atoms with Crippen LogP contribution in [0.2, 0.25) is 0 Å². The molecule has 1 aromatic carbocycles. The molecule has 1 amide bonds. The maximum atomic E-state index is 12.3. The second kappa shape index (κ2) is 7.81. The van der Waals surface area contributed by atoms with Gasteiger partial charge in [0.1, 0.15) is 11.3 Å². The second-order valence-electron chi connectivity index (χ2n) is 5.87. The summed E-state index contributed by atoms with van der Waals surface area (Å²) in [5, 5.41) is 6.85. The molecule has 5 nitrogen and oxygen atoms in total. The molecule has 5 heteroatoms. The van der Waals surface area contributed by atoms with Gasteiger partial charge in [0.15, 0.2) is 5.76 Å². The summed E-state index contributed by atoms with van der Waals surface area (Å²) >= 11 is 0. The first kappa shape index (κ1) is 17.1. The molecule has 0 bridgehead atoms. The lowest BCUT2D eigenvalue weighted by Gasteiger charge is -2.07. The number of nitrogens with one attached hydrogen (secondary N) is 1. The van der Waals surface area contributed by atoms with Gasteiger partial charge in [-0.3, -0.25) is 4.79 Å². The van der Waals surface area contributed by atoms with E-state index in [1.165, 1.54) is 5.56 Å². The van der Waals surface area contributed by atoms with E-state index in [1.807, 2.05) is 38.1 Å². The first-order valence-electron chi connectivity index (χ1n) is 7.90. The van der Waals surface area contributed by atoms with E-state index in [9.17, 15) is 4.79 Å². The molecule has 0 saturated carbocycles. The van der Waals surface area contributed by atoms with Crippen molar-refractivity contribution in [3.8, 4) is 5.75 Å². The number of carbonyl (C=O) groups is 1. The van der Waals surface area contributed by atoms with Crippen LogP contribution >= 0.6 is 0 Å². The number of aryl methyl sites for hydroxylation is 2. The third kappa shape index (κ3) is 4.34. The quantitative estimate of drug-likeness (QED) is 0.794. The molecule has 0 saturated heterocycles. The van der Waals surface area contributed by atoms with Gasteiger partial charge in [-0.05, 0) is 37.5 Å². The summed E-state index contributed by atoms with van der Waals surface area (Å²) in [4.78, 5) is 12.3. The lowest BCUT2D eigenvalue weighted by atomic mass is 10.0. The molecular formula is C18H24N2O3. The van der Waals surface area contributed by atoms with Gasteiger partial charge >= 0.3 is 0 Å². The lowest BCUT2D eigenvalue weighted by Crippen LogP contribution is -2.26. The molecule has 1 heterocycles. The SMILES string of the molecule is COc1ccc(CCCNC(=O)c2c(C)noc2C(C)C)cc1. The molecule has 0 aliphatic carbocycles. The normalized spacial score (nSPS) is 10.8. The maximum absolute atomic E-state index is 12.3. The third-order valence-corrected chi connectivity index (χ3v) is 3.73. The molecule has 124 valence electrons. The summed E-state index contributed by atoms with van der Waals surface area (Å²) in [6.45, 7) is 6.38. The first-order valence-corrected chi connectivity index (χ1v) is 7.90. The van der Waals surface area contributed by atoms with Crippen LogP contribution in [0.3, 0.4) is 0 Å². The number of carbonyl (C=O) groups excluding carboxylic acids is 1. The fourth-order valence-electron chi connectivity index (χ4n) is 2.43. The fourth-order valence-corrected chi connectivity index (χ4v) is 2.43. The Balaban J connectivity index is 1.84. The van der Waals surface area contributed by atoms with Gasteiger partial charge in [0, 0.05) is 12.5 Å². The van der Waals surface area contributed by atoms with E-state index in [0.717, 1.165) is 18.6 Å². The minimum atomic E-state index is -0.109. The molecule has 0 radical (unpaired) electrons. The van der Waals surface area contributed by atoms with Gasteiger partial charge in [0.25, 0.3) is 5.91 Å². The number of rotatable bonds is 7. The summed E-state index contributed by atoms with van der Waals surface area (Å²) in [7, 11) is 1.66. The Kier molecular flexibility index (Phi) is 5.79. The highest BCUT2D eigenvalue weighted by Gasteiger charge is 2.21. The van der Waals surface area contributed by atoms with Crippen LogP contribution in [0.25, 0.3) is 0 Å². The second-order valence-corrected chi connectivity index (χ2v) is 5.87. The molecule has 1 N–H and O–H groups in total. The largest absolute Gasteiger partial charge is 0.497 e. The Hall–Kier alpha value is -2.30. The van der Waals surface area contributed by atoms with Crippen molar-refractivity contribution in [3.05, 3.63) is 46.8 Å². The summed E-state index contributed by atoms with van der Waals surface area (Å²) in [6, 6.07) is 7.98. The van der Waals surface area contributed by atoms with Crippen molar-refractivity contribution >= 4 is 5.91 Å². The molecule has 0 aliphatic rings. The predicted molar refractivity (Wildman–Crippen MR) is 89.0 cm³/mol. The van der Waals surface area contributed by atoms with Crippen LogP contribution in [0, 0.1) is 6.92 Å². The van der Waals surface area contributed by atoms with Crippen molar-refractivity contribution in [2.24, 2.45) is 0 Å². The predicted octanol–water partition coefficient (Wildman–Crippen LogP) is 3.48. The van der Waals surface area contributed by atoms with Gasteiger partial charge in [-0.25, -0.2) is 0 Å². The third-order valence-electron chi connectivity index (χ3n) is 3.73. The van der Waals surface area contributed by atoms with Crippen molar-refractivity contribution in [1.29, 1.82) is 0 Å². The standard InChI is InChI=1S/C18H24N2O3/c1-12(2)17-16(13(3)20-23-17)18(21)19-11-5-6-14-7-9-15(22-4)10-8-14/h7-10,12H,5-6,11H2,1-4H3,(H,19,21). The van der Waals surface area contributed by atoms with Crippen molar-refractivity contribution in [2.75, 3.05) is 13.7 Å². The summed E-state index contributed by atoms with van der Waals surface area (Å²) in [5.41, 5.74) is 2.44. The van der Waals surface area contributed by atoms with Gasteiger partial charge in [0.2, 0.25) is 0 Å². The van der Waals surface area contributed by atoms with E-state index in [1.54, 1.807) is 14.0 Å². The zero-order chi connectivity index (χ0) is 16.8. The van der Waals surface area contributed by atoms with Gasteiger partial charge < -0.3 is 14.6 Å². The van der Waals surface area contributed by atoms with Gasteiger partial charge in [-0.15, -0.1) is 0 Å². The van der Waals surface area contributed by atoms with Crippen molar-refractivity contribution in [1.82, 2.24) is 10.5 Å². The summed E-state index contributed by atoms with van der Waals surface area (Å²) < 4.78 is 10.4. The number of amides is 1. The lowest BCUT2D eigenvalue weighted by molar-refractivity contribution is 0.0950. The molecule has 0 spiro atoms. The molecule has 2 aromatic rings. The highest BCUT2D eigenvalue weighted by Crippen LogP contribution is 2.22. The summed E-state index contributed by atoms with van der Waals surface area (Å²) in [6.07, 6.45) is 1.78. The molecule has 0 fully saturated rings. The van der Waals surface area contributed by atoms with Gasteiger partial charge in [-0.1, -0.05) is 31.1 Å². The first-order chi connectivity index (χ1) is 11.0. The van der Waals surface area contributed by atoms with Crippen LogP contribution in [0.1, 0.15) is 53.6 Å². The minimum absolute atomic E-state index is 0.109. The topological polar surface area (TPSA) is 64.4 Å². The number of aromatic nitrogens is 1. The molecule has 23 heavy (non-hydrogen) atoms. The molecular weight excluding hydrogens is 292 g/mol. The highest BCUT2D eigenvalue weighted by atomic mass is 16.5. The van der Waals surface area contributed by atoms with Crippen molar-refractivity contribution in [2.45, 2.75) is 39.5 Å². The smallest absolute Gasteiger partial charge is 0.256 e. The highest BCUT2D eigenvalue weighted by molar-refractivity contribution is 5.96. The average Bonchev–Trinajstić information content (AvgIpc) is 2.94. The Morgan fingerprint density at radius 2 is 2.00 bits per heavy atom. The molecule has 0 atom stereocenters. The summed E-state index contributed by atoms with van der Waals surface area (Å²) in [5.74, 6) is 1.53. The number of nitrogens with zero attached hydrogens (tertiary/aromatic N) is 1. The maximum Gasteiger partial charge on any atom is 0.256 e. The van der Waals surface area contributed by atoms with E-state index in [2.05, 4.69) is 10.5 Å². The Morgan fingerprint density at radius 3 is 2.61 bits per heavy atom. The fraction of sp³-hybridized carbons (Fsp3) is 0.444. The number of methoxy groups -OCH3 is 1. The molecule has 0 unspecified atom stereocenters. The Bertz CT molecular complexity index is 645. The van der Waals surface area contributed by atoms with Crippen LogP contribution in [-0.4, -0.2) is 24.7 Å². The van der Waals surface area contributed by atoms with Gasteiger partial charge in [0.05, 0.1) is 12.8 Å². The van der Waals surface area contributed by atoms with Crippen molar-refractivity contribution < 1.29 is 14.1 Å². The zero-order valence-corrected chi connectivity index (χ0v) is 14.2. The van der Waals surface area contributed by atoms with Gasteiger partial charge in [-0.2, -0.15) is 0 Å². The van der Waals surface area contributed by atoms with Crippen LogP contribution in [-0.2, 0) is 6.42 Å². The van der Waals surface area contributed by atoms with E-state index < -0.39 is 0 Å². The van der Waals surface area contributed by atoms with E-state index >= 15 is 0 Å². The van der Waals surface area contributed by atoms with Crippen LogP contribution < -0.4 is 10.1 Å².